The molecule has 0 spiro atoms. The van der Waals surface area contributed by atoms with Gasteiger partial charge in [0.1, 0.15) is 11.4 Å². The number of aromatic nitrogens is 4. The van der Waals surface area contributed by atoms with Gasteiger partial charge in [0, 0.05) is 32.2 Å². The van der Waals surface area contributed by atoms with Gasteiger partial charge in [0.05, 0.1) is 6.42 Å². The zero-order chi connectivity index (χ0) is 18.0. The first-order chi connectivity index (χ1) is 11.8. The van der Waals surface area contributed by atoms with E-state index in [0.717, 1.165) is 18.0 Å². The summed E-state index contributed by atoms with van der Waals surface area (Å²) in [5.41, 5.74) is 1.08. The van der Waals surface area contributed by atoms with Crippen molar-refractivity contribution in [3.63, 3.8) is 0 Å². The lowest BCUT2D eigenvalue weighted by Crippen LogP contribution is -2.08. The van der Waals surface area contributed by atoms with Gasteiger partial charge in [-0.1, -0.05) is 11.2 Å². The second-order valence-electron chi connectivity index (χ2n) is 5.53. The molecular weight excluding hydrogens is 335 g/mol. The van der Waals surface area contributed by atoms with Crippen LogP contribution in [0.2, 0.25) is 0 Å². The predicted octanol–water partition coefficient (Wildman–Crippen LogP) is 3.20. The van der Waals surface area contributed by atoms with Gasteiger partial charge in [0.2, 0.25) is 11.7 Å². The minimum atomic E-state index is -4.46. The number of rotatable bonds is 4. The van der Waals surface area contributed by atoms with Gasteiger partial charge < -0.3 is 9.42 Å². The fourth-order valence-corrected chi connectivity index (χ4v) is 2.12. The number of alkyl halides is 3. The van der Waals surface area contributed by atoms with Gasteiger partial charge >= 0.3 is 6.18 Å². The molecule has 3 aromatic heterocycles. The molecule has 25 heavy (non-hydrogen) atoms. The van der Waals surface area contributed by atoms with E-state index in [1.54, 1.807) is 6.20 Å². The first-order valence-corrected chi connectivity index (χ1v) is 7.31. The zero-order valence-electron chi connectivity index (χ0n) is 13.4. The quantitative estimate of drug-likeness (QED) is 0.720. The minimum Gasteiger partial charge on any atom is -0.378 e. The molecule has 0 amide bonds. The highest BCUT2D eigenvalue weighted by Gasteiger charge is 2.32. The van der Waals surface area contributed by atoms with Crippen molar-refractivity contribution in [1.29, 1.82) is 0 Å². The predicted molar refractivity (Wildman–Crippen MR) is 83.9 cm³/mol. The molecule has 0 fully saturated rings. The van der Waals surface area contributed by atoms with Crippen molar-refractivity contribution < 1.29 is 17.7 Å². The summed E-state index contributed by atoms with van der Waals surface area (Å²) >= 11 is 0. The molecule has 0 aliphatic heterocycles. The highest BCUT2D eigenvalue weighted by molar-refractivity contribution is 5.57. The van der Waals surface area contributed by atoms with Crippen molar-refractivity contribution in [2.75, 3.05) is 19.0 Å². The van der Waals surface area contributed by atoms with Crippen LogP contribution >= 0.6 is 0 Å². The Hall–Kier alpha value is -2.97. The third kappa shape index (κ3) is 3.93. The van der Waals surface area contributed by atoms with Crippen LogP contribution in [0.25, 0.3) is 11.5 Å². The molecule has 0 N–H and O–H groups in total. The van der Waals surface area contributed by atoms with E-state index in [1.807, 2.05) is 31.1 Å². The summed E-state index contributed by atoms with van der Waals surface area (Å²) in [5, 5.41) is 3.87. The van der Waals surface area contributed by atoms with Crippen molar-refractivity contribution >= 4 is 5.69 Å². The number of nitrogens with zero attached hydrogens (tertiary/aromatic N) is 5. The Kier molecular flexibility index (Phi) is 4.39. The maximum Gasteiger partial charge on any atom is 0.433 e. The van der Waals surface area contributed by atoms with E-state index < -0.39 is 11.9 Å². The molecule has 0 radical (unpaired) electrons. The number of anilines is 1. The number of halogens is 3. The van der Waals surface area contributed by atoms with E-state index in [2.05, 4.69) is 20.1 Å². The monoisotopic (exact) mass is 349 g/mol. The lowest BCUT2D eigenvalue weighted by atomic mass is 10.2. The number of pyridine rings is 2. The molecule has 0 saturated heterocycles. The first kappa shape index (κ1) is 16.9. The van der Waals surface area contributed by atoms with E-state index in [1.165, 1.54) is 6.07 Å². The highest BCUT2D eigenvalue weighted by Crippen LogP contribution is 2.27. The van der Waals surface area contributed by atoms with Crippen molar-refractivity contribution in [3.8, 4) is 11.5 Å². The van der Waals surface area contributed by atoms with Crippen LogP contribution in [0.1, 0.15) is 17.1 Å². The van der Waals surface area contributed by atoms with Crippen molar-refractivity contribution in [1.82, 2.24) is 20.1 Å². The third-order valence-corrected chi connectivity index (χ3v) is 3.43. The lowest BCUT2D eigenvalue weighted by Gasteiger charge is -2.11. The van der Waals surface area contributed by atoms with E-state index in [0.29, 0.717) is 17.1 Å². The molecule has 6 nitrogen and oxygen atoms in total. The number of hydrogen-bond donors (Lipinski definition) is 0. The largest absolute Gasteiger partial charge is 0.433 e. The van der Waals surface area contributed by atoms with E-state index >= 15 is 0 Å². The molecule has 3 rings (SSSR count). The van der Waals surface area contributed by atoms with Gasteiger partial charge in [-0.3, -0.25) is 9.97 Å². The summed E-state index contributed by atoms with van der Waals surface area (Å²) in [5.74, 6) is 0.590. The Labute approximate surface area is 141 Å². The first-order valence-electron chi connectivity index (χ1n) is 7.31. The fourth-order valence-electron chi connectivity index (χ4n) is 2.12. The van der Waals surface area contributed by atoms with Crippen LogP contribution in [0.5, 0.6) is 0 Å². The molecule has 0 atom stereocenters. The molecule has 0 unspecified atom stereocenters. The fraction of sp³-hybridized carbons (Fsp3) is 0.250. The van der Waals surface area contributed by atoms with Crippen LogP contribution in [0.3, 0.4) is 0 Å². The molecular formula is C16H14F3N5O. The Morgan fingerprint density at radius 2 is 1.92 bits per heavy atom. The van der Waals surface area contributed by atoms with Gasteiger partial charge in [-0.15, -0.1) is 0 Å². The molecule has 130 valence electrons. The van der Waals surface area contributed by atoms with Gasteiger partial charge in [0.25, 0.3) is 0 Å². The Balaban J connectivity index is 1.77. The molecule has 9 heteroatoms. The molecule has 3 aromatic rings. The SMILES string of the molecule is CN(C)c1ccnc(-c2noc(Cc3ccc(C(F)(F)F)nc3)n2)c1. The standard InChI is InChI=1S/C16H14F3N5O/c1-24(2)11-5-6-20-12(8-11)15-22-14(25-23-15)7-10-3-4-13(21-9-10)16(17,18)19/h3-6,8-9H,7H2,1-2H3. The van der Waals surface area contributed by atoms with E-state index in [4.69, 9.17) is 4.52 Å². The summed E-state index contributed by atoms with van der Waals surface area (Å²) < 4.78 is 42.7. The smallest absolute Gasteiger partial charge is 0.378 e. The topological polar surface area (TPSA) is 67.9 Å². The zero-order valence-corrected chi connectivity index (χ0v) is 13.4. The normalized spacial score (nSPS) is 11.6. The van der Waals surface area contributed by atoms with Crippen molar-refractivity contribution in [3.05, 3.63) is 53.8 Å². The molecule has 0 saturated carbocycles. The molecule has 0 aromatic carbocycles. The van der Waals surface area contributed by atoms with Crippen molar-refractivity contribution in [2.24, 2.45) is 0 Å². The summed E-state index contributed by atoms with van der Waals surface area (Å²) in [6.45, 7) is 0. The van der Waals surface area contributed by atoms with Crippen LogP contribution in [0, 0.1) is 0 Å². The lowest BCUT2D eigenvalue weighted by molar-refractivity contribution is -0.141. The average molecular weight is 349 g/mol. The molecule has 0 aliphatic carbocycles. The third-order valence-electron chi connectivity index (χ3n) is 3.43. The van der Waals surface area contributed by atoms with Gasteiger partial charge in [-0.2, -0.15) is 18.2 Å². The summed E-state index contributed by atoms with van der Waals surface area (Å²) in [6.07, 6.45) is -1.48. The van der Waals surface area contributed by atoms with E-state index in [-0.39, 0.29) is 12.3 Å². The summed E-state index contributed by atoms with van der Waals surface area (Å²) in [6, 6.07) is 5.92. The maximum absolute atomic E-state index is 12.5. The molecule has 0 bridgehead atoms. The van der Waals surface area contributed by atoms with Gasteiger partial charge in [-0.25, -0.2) is 0 Å². The molecule has 0 aliphatic rings. The van der Waals surface area contributed by atoms with Crippen LogP contribution in [-0.4, -0.2) is 34.2 Å². The minimum absolute atomic E-state index is 0.186. The highest BCUT2D eigenvalue weighted by atomic mass is 19.4. The maximum atomic E-state index is 12.5. The second-order valence-corrected chi connectivity index (χ2v) is 5.53. The Morgan fingerprint density at radius 1 is 1.12 bits per heavy atom. The average Bonchev–Trinajstić information content (AvgIpc) is 3.03. The molecule has 3 heterocycles. The van der Waals surface area contributed by atoms with Crippen LogP contribution in [0.4, 0.5) is 18.9 Å². The van der Waals surface area contributed by atoms with Crippen LogP contribution in [0.15, 0.2) is 41.2 Å². The second kappa shape index (κ2) is 6.50. The van der Waals surface area contributed by atoms with Crippen LogP contribution < -0.4 is 4.90 Å². The number of hydrogen-bond acceptors (Lipinski definition) is 6. The Bertz CT molecular complexity index is 859. The summed E-state index contributed by atoms with van der Waals surface area (Å²) in [7, 11) is 3.80. The van der Waals surface area contributed by atoms with Gasteiger partial charge in [0.15, 0.2) is 0 Å². The Morgan fingerprint density at radius 3 is 2.56 bits per heavy atom. The van der Waals surface area contributed by atoms with E-state index in [9.17, 15) is 13.2 Å². The van der Waals surface area contributed by atoms with Crippen molar-refractivity contribution in [2.45, 2.75) is 12.6 Å². The summed E-state index contributed by atoms with van der Waals surface area (Å²) in [4.78, 5) is 13.8. The van der Waals surface area contributed by atoms with Crippen LogP contribution in [-0.2, 0) is 12.6 Å². The van der Waals surface area contributed by atoms with Gasteiger partial charge in [-0.05, 0) is 23.8 Å².